The van der Waals surface area contributed by atoms with Crippen molar-refractivity contribution in [2.24, 2.45) is 0 Å². The van der Waals surface area contributed by atoms with E-state index in [0.717, 1.165) is 4.88 Å². The highest BCUT2D eigenvalue weighted by molar-refractivity contribution is 7.10. The lowest BCUT2D eigenvalue weighted by molar-refractivity contribution is 0.0279. The van der Waals surface area contributed by atoms with Gasteiger partial charge in [-0.15, -0.1) is 11.3 Å². The number of nitrogens with zero attached hydrogens (tertiary/aromatic N) is 1. The molecule has 1 amide bonds. The first-order valence-corrected chi connectivity index (χ1v) is 9.93. The smallest absolute Gasteiger partial charge is 0.410 e. The number of carboxylic acid groups (broad SMARTS) is 1. The van der Waals surface area contributed by atoms with Crippen molar-refractivity contribution in [3.8, 4) is 5.75 Å². The molecule has 0 saturated carbocycles. The first-order chi connectivity index (χ1) is 13.1. The number of benzene rings is 1. The van der Waals surface area contributed by atoms with Crippen LogP contribution in [0.5, 0.6) is 5.75 Å². The Labute approximate surface area is 169 Å². The van der Waals surface area contributed by atoms with Gasteiger partial charge in [0.2, 0.25) is 0 Å². The first kappa shape index (κ1) is 21.8. The predicted molar refractivity (Wildman–Crippen MR) is 109 cm³/mol. The molecule has 0 aliphatic carbocycles. The van der Waals surface area contributed by atoms with Gasteiger partial charge in [0.1, 0.15) is 17.5 Å². The summed E-state index contributed by atoms with van der Waals surface area (Å²) in [6.07, 6.45) is -0.0465. The minimum atomic E-state index is -0.960. The van der Waals surface area contributed by atoms with Crippen molar-refractivity contribution < 1.29 is 24.2 Å². The van der Waals surface area contributed by atoms with E-state index in [1.54, 1.807) is 43.5 Å². The highest BCUT2D eigenvalue weighted by atomic mass is 32.1. The summed E-state index contributed by atoms with van der Waals surface area (Å²) in [5.74, 6) is -0.362. The van der Waals surface area contributed by atoms with Gasteiger partial charge in [-0.05, 0) is 62.9 Å². The molecule has 0 unspecified atom stereocenters. The number of hydrogen-bond acceptors (Lipinski definition) is 5. The third-order valence-corrected chi connectivity index (χ3v) is 4.96. The van der Waals surface area contributed by atoms with Gasteiger partial charge in [0, 0.05) is 24.9 Å². The Morgan fingerprint density at radius 2 is 1.96 bits per heavy atom. The van der Waals surface area contributed by atoms with Crippen LogP contribution in [-0.2, 0) is 4.74 Å². The molecule has 0 bridgehead atoms. The second kappa shape index (κ2) is 9.10. The molecule has 0 spiro atoms. The number of thiophene rings is 1. The van der Waals surface area contributed by atoms with Crippen molar-refractivity contribution in [3.63, 3.8) is 0 Å². The third kappa shape index (κ3) is 6.27. The molecule has 152 valence electrons. The molecule has 1 aromatic carbocycles. The summed E-state index contributed by atoms with van der Waals surface area (Å²) in [5.41, 5.74) is 0.351. The zero-order valence-electron chi connectivity index (χ0n) is 16.9. The highest BCUT2D eigenvalue weighted by Crippen LogP contribution is 2.29. The van der Waals surface area contributed by atoms with Gasteiger partial charge >= 0.3 is 12.1 Å². The lowest BCUT2D eigenvalue weighted by atomic mass is 10.1. The predicted octanol–water partition coefficient (Wildman–Crippen LogP) is 5.13. The number of hydrogen-bond donors (Lipinski definition) is 1. The molecule has 6 nitrogen and oxygen atoms in total. The van der Waals surface area contributed by atoms with Crippen LogP contribution in [0.4, 0.5) is 4.79 Å². The van der Waals surface area contributed by atoms with Crippen molar-refractivity contribution in [2.45, 2.75) is 45.8 Å². The van der Waals surface area contributed by atoms with E-state index in [9.17, 15) is 14.7 Å². The van der Waals surface area contributed by atoms with Gasteiger partial charge in [-0.2, -0.15) is 0 Å². The van der Waals surface area contributed by atoms with E-state index in [-0.39, 0.29) is 17.8 Å². The van der Waals surface area contributed by atoms with Crippen LogP contribution in [0.1, 0.15) is 54.1 Å². The molecule has 1 N–H and O–H groups in total. The molecule has 2 rings (SSSR count). The average molecular weight is 406 g/mol. The number of amides is 1. The zero-order valence-corrected chi connectivity index (χ0v) is 17.7. The van der Waals surface area contributed by atoms with Gasteiger partial charge in [0.15, 0.2) is 0 Å². The van der Waals surface area contributed by atoms with Crippen LogP contribution in [0.15, 0.2) is 35.7 Å². The van der Waals surface area contributed by atoms with E-state index in [0.29, 0.717) is 24.3 Å². The summed E-state index contributed by atoms with van der Waals surface area (Å²) in [7, 11) is 1.70. The van der Waals surface area contributed by atoms with E-state index in [1.165, 1.54) is 4.90 Å². The first-order valence-electron chi connectivity index (χ1n) is 9.05. The SMILES string of the molecule is Cc1cc(O[C@@H](CCN(C)C(=O)OC(C)(C)C)c2cccs2)ccc1C(=O)O. The van der Waals surface area contributed by atoms with Crippen LogP contribution in [0.3, 0.4) is 0 Å². The Balaban J connectivity index is 2.08. The molecule has 1 heterocycles. The van der Waals surface area contributed by atoms with Gasteiger partial charge in [-0.1, -0.05) is 6.07 Å². The number of aromatic carboxylic acids is 1. The highest BCUT2D eigenvalue weighted by Gasteiger charge is 2.22. The summed E-state index contributed by atoms with van der Waals surface area (Å²) in [4.78, 5) is 25.9. The third-order valence-electron chi connectivity index (χ3n) is 4.00. The van der Waals surface area contributed by atoms with E-state index in [1.807, 2.05) is 38.3 Å². The molecule has 0 aliphatic rings. The fourth-order valence-corrected chi connectivity index (χ4v) is 3.38. The molecule has 0 radical (unpaired) electrons. The van der Waals surface area contributed by atoms with Crippen LogP contribution in [-0.4, -0.2) is 41.3 Å². The van der Waals surface area contributed by atoms with Gasteiger partial charge in [-0.25, -0.2) is 9.59 Å². The molecule has 28 heavy (non-hydrogen) atoms. The van der Waals surface area contributed by atoms with E-state index in [2.05, 4.69) is 0 Å². The fourth-order valence-electron chi connectivity index (χ4n) is 2.59. The Morgan fingerprint density at radius 1 is 1.25 bits per heavy atom. The molecular weight excluding hydrogens is 378 g/mol. The van der Waals surface area contributed by atoms with Crippen molar-refractivity contribution >= 4 is 23.4 Å². The normalized spacial score (nSPS) is 12.3. The maximum Gasteiger partial charge on any atom is 0.410 e. The van der Waals surface area contributed by atoms with Crippen LogP contribution >= 0.6 is 11.3 Å². The van der Waals surface area contributed by atoms with E-state index >= 15 is 0 Å². The molecule has 0 saturated heterocycles. The molecule has 0 aliphatic heterocycles. The van der Waals surface area contributed by atoms with Gasteiger partial charge in [-0.3, -0.25) is 0 Å². The average Bonchev–Trinajstić information content (AvgIpc) is 3.10. The molecule has 1 atom stereocenters. The summed E-state index contributed by atoms with van der Waals surface area (Å²) in [6, 6.07) is 8.87. The number of aryl methyl sites for hydroxylation is 1. The quantitative estimate of drug-likeness (QED) is 0.691. The fraction of sp³-hybridized carbons (Fsp3) is 0.429. The molecule has 0 fully saturated rings. The van der Waals surface area contributed by atoms with Crippen LogP contribution < -0.4 is 4.74 Å². The lowest BCUT2D eigenvalue weighted by Crippen LogP contribution is -2.35. The number of carbonyl (C=O) groups excluding carboxylic acids is 1. The van der Waals surface area contributed by atoms with Crippen molar-refractivity contribution in [1.29, 1.82) is 0 Å². The Kier molecular flexibility index (Phi) is 7.07. The second-order valence-electron chi connectivity index (χ2n) is 7.59. The van der Waals surface area contributed by atoms with Crippen molar-refractivity contribution in [3.05, 3.63) is 51.7 Å². The summed E-state index contributed by atoms with van der Waals surface area (Å²) in [6.45, 7) is 7.70. The Hall–Kier alpha value is -2.54. The van der Waals surface area contributed by atoms with Crippen molar-refractivity contribution in [1.82, 2.24) is 4.90 Å². The maximum atomic E-state index is 12.2. The topological polar surface area (TPSA) is 76.1 Å². The number of rotatable bonds is 7. The minimum Gasteiger partial charge on any atom is -0.485 e. The molecular formula is C21H27NO5S. The second-order valence-corrected chi connectivity index (χ2v) is 8.57. The van der Waals surface area contributed by atoms with Crippen molar-refractivity contribution in [2.75, 3.05) is 13.6 Å². The summed E-state index contributed by atoms with van der Waals surface area (Å²) in [5, 5.41) is 11.2. The minimum absolute atomic E-state index is 0.250. The molecule has 7 heteroatoms. The van der Waals surface area contributed by atoms with E-state index < -0.39 is 11.6 Å². The number of ether oxygens (including phenoxy) is 2. The largest absolute Gasteiger partial charge is 0.485 e. The van der Waals surface area contributed by atoms with Crippen LogP contribution in [0.2, 0.25) is 0 Å². The Bertz CT molecular complexity index is 811. The summed E-state index contributed by atoms with van der Waals surface area (Å²) >= 11 is 1.58. The molecule has 2 aromatic rings. The Morgan fingerprint density at radius 3 is 2.50 bits per heavy atom. The lowest BCUT2D eigenvalue weighted by Gasteiger charge is -2.26. The van der Waals surface area contributed by atoms with Gasteiger partial charge < -0.3 is 19.5 Å². The summed E-state index contributed by atoms with van der Waals surface area (Å²) < 4.78 is 11.5. The van der Waals surface area contributed by atoms with Gasteiger partial charge in [0.25, 0.3) is 0 Å². The van der Waals surface area contributed by atoms with Crippen LogP contribution in [0, 0.1) is 6.92 Å². The van der Waals surface area contributed by atoms with E-state index in [4.69, 9.17) is 9.47 Å². The van der Waals surface area contributed by atoms with Gasteiger partial charge in [0.05, 0.1) is 5.56 Å². The maximum absolute atomic E-state index is 12.2. The van der Waals surface area contributed by atoms with Crippen LogP contribution in [0.25, 0.3) is 0 Å². The zero-order chi connectivity index (χ0) is 20.9. The standard InChI is InChI=1S/C21H27NO5S/c1-14-13-15(8-9-16(14)19(23)24)26-17(18-7-6-12-28-18)10-11-22(5)20(25)27-21(2,3)4/h6-9,12-13,17H,10-11H2,1-5H3,(H,23,24)/t17-/m0/s1. The number of carboxylic acids is 1. The monoisotopic (exact) mass is 405 g/mol. The molecule has 1 aromatic heterocycles. The number of carbonyl (C=O) groups is 2.